The molecule has 0 aromatic carbocycles. The number of unbranched alkanes of at least 4 members (excludes halogenated alkanes) is 3. The number of hydrogen-bond acceptors (Lipinski definition) is 24. The summed E-state index contributed by atoms with van der Waals surface area (Å²) in [5, 5.41) is 104. The average Bonchev–Trinajstić information content (AvgIpc) is 3.44. The molecule has 0 radical (unpaired) electrons. The smallest absolute Gasteiger partial charge is 0.246 e. The van der Waals surface area contributed by atoms with E-state index in [-0.39, 0.29) is 78.7 Å². The molecular formula is C52H95N5O24. The molecule has 0 saturated carbocycles. The Hall–Kier alpha value is -3.41. The van der Waals surface area contributed by atoms with Crippen molar-refractivity contribution in [2.75, 3.05) is 119 Å². The Balaban J connectivity index is 1.61. The van der Waals surface area contributed by atoms with E-state index in [0.29, 0.717) is 38.8 Å². The highest BCUT2D eigenvalue weighted by Gasteiger charge is 2.45. The molecule has 3 aliphatic rings. The van der Waals surface area contributed by atoms with Crippen molar-refractivity contribution >= 4 is 29.5 Å². The summed E-state index contributed by atoms with van der Waals surface area (Å²) >= 11 is 0. The lowest BCUT2D eigenvalue weighted by molar-refractivity contribution is -0.282. The van der Waals surface area contributed by atoms with Crippen LogP contribution < -0.4 is 26.6 Å². The SMILES string of the molecule is COCCCCCCNC(=O)CC(=O)NC(COCCC(=O)NCCCO[C@@H]1OC(CO)[C@H](O)[C@H](O)C1C)(COCCC(=O)NCCCO[C@@H]1OC(CO)[C@H](O)[C@H](O)C1C)COCC(=O)NCCCO[C@@H]1OC(CO)[C@H](O)[C@H](O)C1C. The van der Waals surface area contributed by atoms with E-state index in [9.17, 15) is 69.9 Å². The first kappa shape index (κ1) is 71.9. The lowest BCUT2D eigenvalue weighted by Gasteiger charge is -2.40. The molecule has 29 nitrogen and oxygen atoms in total. The van der Waals surface area contributed by atoms with Crippen molar-refractivity contribution in [1.82, 2.24) is 26.6 Å². The lowest BCUT2D eigenvalue weighted by atomic mass is 9.92. The number of carbonyl (C=O) groups excluding carboxylic acids is 5. The Morgan fingerprint density at radius 1 is 0.432 bits per heavy atom. The van der Waals surface area contributed by atoms with Gasteiger partial charge in [0.15, 0.2) is 18.9 Å². The van der Waals surface area contributed by atoms with Crippen LogP contribution in [-0.2, 0) is 71.3 Å². The molecular weight excluding hydrogens is 1080 g/mol. The van der Waals surface area contributed by atoms with Gasteiger partial charge in [0, 0.05) is 70.5 Å². The summed E-state index contributed by atoms with van der Waals surface area (Å²) in [6.07, 6.45) is -9.73. The molecule has 5 amide bonds. The first-order chi connectivity index (χ1) is 38.8. The number of aliphatic hydroxyl groups excluding tert-OH is 9. The maximum Gasteiger partial charge on any atom is 0.246 e. The molecule has 14 N–H and O–H groups in total. The van der Waals surface area contributed by atoms with Crippen molar-refractivity contribution in [3.05, 3.63) is 0 Å². The first-order valence-electron chi connectivity index (χ1n) is 28.1. The van der Waals surface area contributed by atoms with Crippen molar-refractivity contribution in [3.63, 3.8) is 0 Å². The molecule has 3 rings (SSSR count). The number of aliphatic hydroxyl groups is 9. The molecule has 0 aliphatic carbocycles. The van der Waals surface area contributed by atoms with Gasteiger partial charge in [0.2, 0.25) is 29.5 Å². The minimum Gasteiger partial charge on any atom is -0.394 e. The summed E-state index contributed by atoms with van der Waals surface area (Å²) in [5.41, 5.74) is -1.59. The molecule has 3 heterocycles. The Bertz CT molecular complexity index is 1710. The van der Waals surface area contributed by atoms with Crippen LogP contribution in [0.4, 0.5) is 0 Å². The number of carbonyl (C=O) groups is 5. The highest BCUT2D eigenvalue weighted by atomic mass is 16.7. The zero-order valence-corrected chi connectivity index (χ0v) is 47.4. The molecule has 3 aliphatic heterocycles. The predicted octanol–water partition coefficient (Wildman–Crippen LogP) is -4.82. The van der Waals surface area contributed by atoms with E-state index in [0.717, 1.165) is 19.3 Å². The van der Waals surface area contributed by atoms with Crippen LogP contribution in [-0.4, -0.2) is 274 Å². The summed E-state index contributed by atoms with van der Waals surface area (Å²) in [6, 6.07) is 0. The molecule has 0 aromatic rings. The van der Waals surface area contributed by atoms with Crippen LogP contribution >= 0.6 is 0 Å². The van der Waals surface area contributed by atoms with E-state index in [2.05, 4.69) is 26.6 Å². The van der Waals surface area contributed by atoms with Gasteiger partial charge in [0.05, 0.1) is 91.0 Å². The number of methoxy groups -OCH3 is 1. The van der Waals surface area contributed by atoms with Crippen LogP contribution in [0.3, 0.4) is 0 Å². The van der Waals surface area contributed by atoms with Gasteiger partial charge in [0.1, 0.15) is 55.2 Å². The predicted molar refractivity (Wildman–Crippen MR) is 282 cm³/mol. The van der Waals surface area contributed by atoms with Gasteiger partial charge in [0.25, 0.3) is 0 Å². The van der Waals surface area contributed by atoms with Crippen molar-refractivity contribution in [2.24, 2.45) is 17.8 Å². The van der Waals surface area contributed by atoms with Crippen molar-refractivity contribution in [3.8, 4) is 0 Å². The Morgan fingerprint density at radius 3 is 1.21 bits per heavy atom. The van der Waals surface area contributed by atoms with Crippen molar-refractivity contribution in [1.29, 1.82) is 0 Å². The zero-order valence-electron chi connectivity index (χ0n) is 47.4. The van der Waals surface area contributed by atoms with Gasteiger partial charge in [-0.2, -0.15) is 0 Å². The second-order valence-electron chi connectivity index (χ2n) is 20.8. The number of rotatable bonds is 42. The Kier molecular flexibility index (Phi) is 35.5. The van der Waals surface area contributed by atoms with E-state index in [1.54, 1.807) is 27.9 Å². The highest BCUT2D eigenvalue weighted by Crippen LogP contribution is 2.29. The van der Waals surface area contributed by atoms with Crippen LogP contribution in [0.15, 0.2) is 0 Å². The molecule has 15 atom stereocenters. The van der Waals surface area contributed by atoms with E-state index in [1.807, 2.05) is 0 Å². The Morgan fingerprint density at radius 2 is 0.802 bits per heavy atom. The maximum absolute atomic E-state index is 13.6. The molecule has 29 heteroatoms. The largest absolute Gasteiger partial charge is 0.394 e. The van der Waals surface area contributed by atoms with Gasteiger partial charge in [-0.25, -0.2) is 0 Å². The highest BCUT2D eigenvalue weighted by molar-refractivity contribution is 5.97. The minimum absolute atomic E-state index is 0.0848. The van der Waals surface area contributed by atoms with E-state index in [1.165, 1.54) is 0 Å². The van der Waals surface area contributed by atoms with Crippen LogP contribution in [0.1, 0.15) is 85.0 Å². The summed E-state index contributed by atoms with van der Waals surface area (Å²) in [4.78, 5) is 65.4. The van der Waals surface area contributed by atoms with E-state index < -0.39 is 166 Å². The third-order valence-electron chi connectivity index (χ3n) is 14.0. The minimum atomic E-state index is -1.59. The van der Waals surface area contributed by atoms with Crippen molar-refractivity contribution < 1.29 is 117 Å². The third kappa shape index (κ3) is 26.2. The second kappa shape index (κ2) is 40.0. The molecule has 472 valence electrons. The zero-order chi connectivity index (χ0) is 59.7. The van der Waals surface area contributed by atoms with Gasteiger partial charge in [-0.1, -0.05) is 33.6 Å². The van der Waals surface area contributed by atoms with Gasteiger partial charge in [-0.05, 0) is 32.1 Å². The third-order valence-corrected chi connectivity index (χ3v) is 14.0. The summed E-state index contributed by atoms with van der Waals surface area (Å²) in [5.74, 6) is -4.43. The molecule has 0 spiro atoms. The monoisotopic (exact) mass is 1170 g/mol. The standard InChI is InChI=1S/C52H95N5O24/c1-32-43(66)46(69)35(25-58)79-49(32)76-19-9-15-53-38(61)12-22-73-29-52(57-41(64)24-40(63)55-14-7-5-6-8-18-72-4,31-75-28-42(65)56-17-11-21-78-51-34(3)45(68)48(71)37(27-60)81-51)30-74-23-13-39(62)54-16-10-20-77-50-33(2)44(67)47(70)36(26-59)80-50/h32-37,43-51,58-60,66-71H,5-31H2,1-4H3,(H,53,61)(H,54,62)(H,55,63)(H,56,65)(H,57,64)/t32?,33?,34?,35?,36?,37?,43-,44-,45-,46+,47+,48+,49-,50-,51-,52?/m1/s1. The fourth-order valence-electron chi connectivity index (χ4n) is 8.90. The summed E-state index contributed by atoms with van der Waals surface area (Å²) < 4.78 is 56.7. The number of hydrogen-bond donors (Lipinski definition) is 14. The van der Waals surface area contributed by atoms with Gasteiger partial charge < -0.3 is 120 Å². The van der Waals surface area contributed by atoms with Gasteiger partial charge in [-0.15, -0.1) is 0 Å². The fourth-order valence-corrected chi connectivity index (χ4v) is 8.90. The van der Waals surface area contributed by atoms with Gasteiger partial charge >= 0.3 is 0 Å². The molecule has 81 heavy (non-hydrogen) atoms. The molecule has 3 saturated heterocycles. The van der Waals surface area contributed by atoms with Crippen LogP contribution in [0.2, 0.25) is 0 Å². The lowest BCUT2D eigenvalue weighted by Crippen LogP contribution is -2.59. The maximum atomic E-state index is 13.6. The normalized spacial score (nSPS) is 29.3. The summed E-state index contributed by atoms with van der Waals surface area (Å²) in [6.45, 7) is 3.14. The summed E-state index contributed by atoms with van der Waals surface area (Å²) in [7, 11) is 1.62. The molecule has 6 unspecified atom stereocenters. The number of nitrogens with one attached hydrogen (secondary N) is 5. The first-order valence-corrected chi connectivity index (χ1v) is 28.1. The second-order valence-corrected chi connectivity index (χ2v) is 20.8. The van der Waals surface area contributed by atoms with Crippen LogP contribution in [0, 0.1) is 17.8 Å². The van der Waals surface area contributed by atoms with E-state index in [4.69, 9.17) is 47.4 Å². The number of amides is 5. The molecule has 0 aromatic heterocycles. The molecule has 3 fully saturated rings. The van der Waals surface area contributed by atoms with Crippen LogP contribution in [0.5, 0.6) is 0 Å². The number of ether oxygens (including phenoxy) is 10. The van der Waals surface area contributed by atoms with E-state index >= 15 is 0 Å². The van der Waals surface area contributed by atoms with Crippen LogP contribution in [0.25, 0.3) is 0 Å². The van der Waals surface area contributed by atoms with Gasteiger partial charge in [-0.3, -0.25) is 24.0 Å². The fraction of sp³-hybridized carbons (Fsp3) is 0.904. The topological polar surface area (TPSA) is 420 Å². The van der Waals surface area contributed by atoms with Crippen molar-refractivity contribution in [2.45, 2.75) is 164 Å². The average molecular weight is 1170 g/mol. The molecule has 0 bridgehead atoms. The quantitative estimate of drug-likeness (QED) is 0.0201. The Labute approximate surface area is 473 Å².